The number of likely N-dealkylation sites (tertiary alicyclic amines) is 2. The molecule has 0 amide bonds. The van der Waals surface area contributed by atoms with Crippen LogP contribution < -0.4 is 5.32 Å². The first-order valence-corrected chi connectivity index (χ1v) is 10.1. The molecule has 146 valence electrons. The Morgan fingerprint density at radius 2 is 1.88 bits per heavy atom. The van der Waals surface area contributed by atoms with Crippen LogP contribution in [0.25, 0.3) is 0 Å². The van der Waals surface area contributed by atoms with Gasteiger partial charge in [0.05, 0.1) is 6.61 Å². The molecule has 2 aliphatic rings. The molecule has 0 aliphatic carbocycles. The van der Waals surface area contributed by atoms with Crippen LogP contribution in [0.1, 0.15) is 33.1 Å². The Kier molecular flexibility index (Phi) is 8.99. The number of rotatable bonds is 8. The summed E-state index contributed by atoms with van der Waals surface area (Å²) in [5, 5.41) is 3.65. The van der Waals surface area contributed by atoms with Crippen LogP contribution in [-0.2, 0) is 4.74 Å². The molecule has 0 aromatic heterocycles. The molecule has 2 saturated heterocycles. The van der Waals surface area contributed by atoms with Crippen molar-refractivity contribution in [3.05, 3.63) is 0 Å². The van der Waals surface area contributed by atoms with Crippen LogP contribution in [0, 0.1) is 5.92 Å². The van der Waals surface area contributed by atoms with Gasteiger partial charge in [0, 0.05) is 46.4 Å². The van der Waals surface area contributed by atoms with Crippen LogP contribution in [0.5, 0.6) is 0 Å². The molecule has 2 aliphatic heterocycles. The van der Waals surface area contributed by atoms with Gasteiger partial charge >= 0.3 is 0 Å². The number of nitrogens with one attached hydrogen (secondary N) is 1. The molecular formula is C19H39N5O. The second-order valence-corrected chi connectivity index (χ2v) is 7.32. The van der Waals surface area contributed by atoms with E-state index in [1.807, 2.05) is 7.05 Å². The van der Waals surface area contributed by atoms with E-state index in [4.69, 9.17) is 4.74 Å². The third-order valence-corrected chi connectivity index (χ3v) is 5.87. The number of hydrogen-bond donors (Lipinski definition) is 1. The summed E-state index contributed by atoms with van der Waals surface area (Å²) in [7, 11) is 3.70. The van der Waals surface area contributed by atoms with Crippen molar-refractivity contribution in [3.63, 3.8) is 0 Å². The number of likely N-dealkylation sites (N-methyl/N-ethyl adjacent to an activating group) is 1. The molecule has 1 atom stereocenters. The van der Waals surface area contributed by atoms with Gasteiger partial charge in [0.25, 0.3) is 0 Å². The second-order valence-electron chi connectivity index (χ2n) is 7.32. The Morgan fingerprint density at radius 1 is 1.16 bits per heavy atom. The van der Waals surface area contributed by atoms with E-state index in [9.17, 15) is 0 Å². The molecule has 0 radical (unpaired) electrons. The van der Waals surface area contributed by atoms with Gasteiger partial charge in [-0.2, -0.15) is 0 Å². The lowest BCUT2D eigenvalue weighted by molar-refractivity contribution is 0.120. The fourth-order valence-corrected chi connectivity index (χ4v) is 4.17. The molecule has 25 heavy (non-hydrogen) atoms. The van der Waals surface area contributed by atoms with Crippen LogP contribution in [0.2, 0.25) is 0 Å². The van der Waals surface area contributed by atoms with Crippen LogP contribution >= 0.6 is 0 Å². The molecule has 0 bridgehead atoms. The van der Waals surface area contributed by atoms with Crippen LogP contribution in [0.4, 0.5) is 0 Å². The fraction of sp³-hybridized carbons (Fsp3) is 0.947. The monoisotopic (exact) mass is 353 g/mol. The molecule has 0 spiro atoms. The zero-order valence-electron chi connectivity index (χ0n) is 16.8. The third kappa shape index (κ3) is 6.12. The van der Waals surface area contributed by atoms with Crippen molar-refractivity contribution in [1.29, 1.82) is 0 Å². The summed E-state index contributed by atoms with van der Waals surface area (Å²) in [5.41, 5.74) is 0. The third-order valence-electron chi connectivity index (χ3n) is 5.87. The number of hydrogen-bond acceptors (Lipinski definition) is 4. The topological polar surface area (TPSA) is 43.3 Å². The average Bonchev–Trinajstić information content (AvgIpc) is 3.12. The highest BCUT2D eigenvalue weighted by Gasteiger charge is 2.28. The molecule has 2 heterocycles. The predicted molar refractivity (Wildman–Crippen MR) is 105 cm³/mol. The maximum Gasteiger partial charge on any atom is 0.193 e. The molecule has 6 nitrogen and oxygen atoms in total. The summed E-state index contributed by atoms with van der Waals surface area (Å²) >= 11 is 0. The summed E-state index contributed by atoms with van der Waals surface area (Å²) in [5.74, 6) is 1.85. The van der Waals surface area contributed by atoms with Gasteiger partial charge in [-0.15, -0.1) is 0 Å². The van der Waals surface area contributed by atoms with Crippen LogP contribution in [0.3, 0.4) is 0 Å². The summed E-state index contributed by atoms with van der Waals surface area (Å²) in [6, 6.07) is 0.678. The van der Waals surface area contributed by atoms with Crippen molar-refractivity contribution < 1.29 is 4.74 Å². The lowest BCUT2D eigenvalue weighted by Gasteiger charge is -2.33. The highest BCUT2D eigenvalue weighted by molar-refractivity contribution is 5.80. The zero-order valence-corrected chi connectivity index (χ0v) is 16.8. The predicted octanol–water partition coefficient (Wildman–Crippen LogP) is 1.34. The van der Waals surface area contributed by atoms with Gasteiger partial charge in [-0.25, -0.2) is 0 Å². The normalized spacial score (nSPS) is 23.6. The molecule has 1 N–H and O–H groups in total. The molecule has 0 aromatic rings. The first-order valence-electron chi connectivity index (χ1n) is 10.1. The Balaban J connectivity index is 1.71. The van der Waals surface area contributed by atoms with E-state index < -0.39 is 0 Å². The van der Waals surface area contributed by atoms with E-state index in [-0.39, 0.29) is 0 Å². The number of nitrogens with zero attached hydrogens (tertiary/aromatic N) is 4. The SMILES string of the molecule is CCN(CC)C1CCN(C(=NC)NCC2CCN(CCOC)CC2)C1. The molecule has 0 aromatic carbocycles. The van der Waals surface area contributed by atoms with Crippen molar-refractivity contribution in [3.8, 4) is 0 Å². The van der Waals surface area contributed by atoms with Gasteiger partial charge in [0.2, 0.25) is 0 Å². The Labute approximate surface area is 154 Å². The van der Waals surface area contributed by atoms with E-state index >= 15 is 0 Å². The van der Waals surface area contributed by atoms with Gasteiger partial charge in [-0.05, 0) is 51.4 Å². The first kappa shape index (κ1) is 20.5. The van der Waals surface area contributed by atoms with E-state index in [1.165, 1.54) is 32.4 Å². The number of guanidine groups is 1. The van der Waals surface area contributed by atoms with Gasteiger partial charge in [0.15, 0.2) is 5.96 Å². The fourth-order valence-electron chi connectivity index (χ4n) is 4.17. The largest absolute Gasteiger partial charge is 0.383 e. The van der Waals surface area contributed by atoms with Crippen molar-refractivity contribution >= 4 is 5.96 Å². The minimum absolute atomic E-state index is 0.678. The lowest BCUT2D eigenvalue weighted by atomic mass is 9.97. The summed E-state index contributed by atoms with van der Waals surface area (Å²) < 4.78 is 5.18. The van der Waals surface area contributed by atoms with E-state index in [0.29, 0.717) is 6.04 Å². The Hall–Kier alpha value is -0.850. The number of aliphatic imine (C=N–C) groups is 1. The molecule has 1 unspecified atom stereocenters. The minimum atomic E-state index is 0.678. The number of methoxy groups -OCH3 is 1. The summed E-state index contributed by atoms with van der Waals surface area (Å²) in [6.45, 7) is 14.4. The van der Waals surface area contributed by atoms with Crippen molar-refractivity contribution in [1.82, 2.24) is 20.0 Å². The minimum Gasteiger partial charge on any atom is -0.383 e. The van der Waals surface area contributed by atoms with Crippen molar-refractivity contribution in [2.75, 3.05) is 73.1 Å². The quantitative estimate of drug-likeness (QED) is 0.527. The molecule has 2 rings (SSSR count). The maximum absolute atomic E-state index is 5.18. The van der Waals surface area contributed by atoms with Gasteiger partial charge < -0.3 is 19.9 Å². The smallest absolute Gasteiger partial charge is 0.193 e. The van der Waals surface area contributed by atoms with Crippen molar-refractivity contribution in [2.24, 2.45) is 10.9 Å². The number of piperidine rings is 1. The van der Waals surface area contributed by atoms with Crippen LogP contribution in [-0.4, -0.2) is 99.8 Å². The molecule has 2 fully saturated rings. The van der Waals surface area contributed by atoms with E-state index in [0.717, 1.165) is 57.8 Å². The number of ether oxygens (including phenoxy) is 1. The highest BCUT2D eigenvalue weighted by Crippen LogP contribution is 2.18. The van der Waals surface area contributed by atoms with Crippen molar-refractivity contribution in [2.45, 2.75) is 39.2 Å². The standard InChI is InChI=1S/C19H39N5O/c1-5-23(6-2)18-9-12-24(16-18)19(20-3)21-15-17-7-10-22(11-8-17)13-14-25-4/h17-18H,5-16H2,1-4H3,(H,20,21). The van der Waals surface area contributed by atoms with Gasteiger partial charge in [-0.1, -0.05) is 13.8 Å². The second kappa shape index (κ2) is 11.0. The lowest BCUT2D eigenvalue weighted by Crippen LogP contribution is -2.46. The Morgan fingerprint density at radius 3 is 2.48 bits per heavy atom. The average molecular weight is 354 g/mol. The maximum atomic E-state index is 5.18. The van der Waals surface area contributed by atoms with E-state index in [2.05, 4.69) is 38.9 Å². The highest BCUT2D eigenvalue weighted by atomic mass is 16.5. The summed E-state index contributed by atoms with van der Waals surface area (Å²) in [4.78, 5) is 12.1. The Bertz CT molecular complexity index is 391. The van der Waals surface area contributed by atoms with Gasteiger partial charge in [-0.3, -0.25) is 9.89 Å². The summed E-state index contributed by atoms with van der Waals surface area (Å²) in [6.07, 6.45) is 3.80. The molecular weight excluding hydrogens is 314 g/mol. The molecule has 6 heteroatoms. The van der Waals surface area contributed by atoms with Crippen LogP contribution in [0.15, 0.2) is 4.99 Å². The van der Waals surface area contributed by atoms with Gasteiger partial charge in [0.1, 0.15) is 0 Å². The molecule has 0 saturated carbocycles. The first-order chi connectivity index (χ1) is 12.2. The zero-order chi connectivity index (χ0) is 18.1. The van der Waals surface area contributed by atoms with E-state index in [1.54, 1.807) is 7.11 Å².